The molecule has 14 heteroatoms. The first kappa shape index (κ1) is 39.8. The van der Waals surface area contributed by atoms with Crippen LogP contribution in [-0.2, 0) is 15.1 Å². The molecule has 10 nitrogen and oxygen atoms in total. The van der Waals surface area contributed by atoms with Crippen LogP contribution in [0.3, 0.4) is 0 Å². The molecular weight excluding hydrogens is 662 g/mol. The number of alkyl carbamates (subject to hydrolysis) is 1. The highest BCUT2D eigenvalue weighted by atomic mass is 35.5. The van der Waals surface area contributed by atoms with Crippen molar-refractivity contribution in [2.24, 2.45) is 11.8 Å². The summed E-state index contributed by atoms with van der Waals surface area (Å²) in [4.78, 5) is 41.4. The number of benzene rings is 1. The van der Waals surface area contributed by atoms with E-state index in [-0.39, 0.29) is 43.6 Å². The molecule has 1 aromatic carbocycles. The van der Waals surface area contributed by atoms with E-state index in [9.17, 15) is 23.9 Å². The summed E-state index contributed by atoms with van der Waals surface area (Å²) in [6.45, 7) is 8.03. The fraction of sp³-hybridized carbons (Fsp3) is 0.735. The number of nitrogens with one attached hydrogen (secondary N) is 2. The van der Waals surface area contributed by atoms with Crippen molar-refractivity contribution in [1.82, 2.24) is 20.4 Å². The zero-order valence-corrected chi connectivity index (χ0v) is 31.0. The number of hydrogen-bond donors (Lipinski definition) is 3. The minimum atomic E-state index is -1.81. The van der Waals surface area contributed by atoms with Gasteiger partial charge >= 0.3 is 18.2 Å². The molecule has 1 aromatic rings. The molecule has 272 valence electrons. The highest BCUT2D eigenvalue weighted by molar-refractivity contribution is 6.76. The zero-order chi connectivity index (χ0) is 35.5. The molecule has 1 saturated heterocycles. The Kier molecular flexibility index (Phi) is 15.2. The van der Waals surface area contributed by atoms with Crippen molar-refractivity contribution in [1.29, 1.82) is 0 Å². The molecule has 0 radical (unpaired) electrons. The second-order valence-corrected chi connectivity index (χ2v) is 20.6. The van der Waals surface area contributed by atoms with Crippen molar-refractivity contribution in [2.45, 2.75) is 102 Å². The number of amides is 4. The standard InChI is InChI=1S/C34H55ClF2N4O6Si/c1-40(33(44)47-19-20-48(3,4)5)23-26(21-24-11-7-6-8-12-24)39-31(42)41-18-9-13-25(22-41)34(45,16-10-17-38-32(43)46-2)27-14-15-28(36)29(35)30(27)37/h14-15,24-26,45H,6-13,16-23H2,1-5H3,(H,38,43)(H,39,42)/t25-,26+,34+/m1/s1. The van der Waals surface area contributed by atoms with Crippen LogP contribution < -0.4 is 10.6 Å². The molecule has 1 saturated carbocycles. The predicted octanol–water partition coefficient (Wildman–Crippen LogP) is 7.11. The molecule has 4 amide bonds. The Balaban J connectivity index is 1.76. The minimum absolute atomic E-state index is 0.0188. The molecule has 2 fully saturated rings. The van der Waals surface area contributed by atoms with Crippen molar-refractivity contribution < 1.29 is 37.7 Å². The summed E-state index contributed by atoms with van der Waals surface area (Å²) in [6.07, 6.45) is 6.63. The lowest BCUT2D eigenvalue weighted by atomic mass is 9.74. The third kappa shape index (κ3) is 11.8. The maximum absolute atomic E-state index is 15.4. The van der Waals surface area contributed by atoms with Crippen LogP contribution in [0.25, 0.3) is 0 Å². The number of rotatable bonds is 14. The Hall–Kier alpha value is -2.64. The number of ether oxygens (including phenoxy) is 2. The summed E-state index contributed by atoms with van der Waals surface area (Å²) < 4.78 is 39.7. The fourth-order valence-corrected chi connectivity index (χ4v) is 7.70. The maximum atomic E-state index is 15.4. The van der Waals surface area contributed by atoms with Crippen LogP contribution in [0.1, 0.15) is 69.8 Å². The van der Waals surface area contributed by atoms with E-state index in [1.165, 1.54) is 24.5 Å². The number of carbonyl (C=O) groups is 3. The van der Waals surface area contributed by atoms with Gasteiger partial charge in [0.15, 0.2) is 5.82 Å². The summed E-state index contributed by atoms with van der Waals surface area (Å²) in [7, 11) is 1.56. The normalized spacial score (nSPS) is 19.2. The number of urea groups is 1. The van der Waals surface area contributed by atoms with Crippen molar-refractivity contribution in [3.63, 3.8) is 0 Å². The lowest BCUT2D eigenvalue weighted by molar-refractivity contribution is -0.0577. The number of hydrogen-bond acceptors (Lipinski definition) is 6. The molecule has 1 heterocycles. The van der Waals surface area contributed by atoms with Crippen LogP contribution >= 0.6 is 11.6 Å². The van der Waals surface area contributed by atoms with Gasteiger partial charge in [0.1, 0.15) is 10.8 Å². The van der Waals surface area contributed by atoms with Gasteiger partial charge in [-0.05, 0) is 50.1 Å². The number of likely N-dealkylation sites (N-methyl/N-ethyl adjacent to an activating group) is 1. The summed E-state index contributed by atoms with van der Waals surface area (Å²) in [5.41, 5.74) is -1.96. The summed E-state index contributed by atoms with van der Waals surface area (Å²) in [5.74, 6) is -2.16. The first-order valence-corrected chi connectivity index (χ1v) is 21.3. The van der Waals surface area contributed by atoms with Gasteiger partial charge in [-0.25, -0.2) is 23.2 Å². The third-order valence-electron chi connectivity index (χ3n) is 9.63. The highest BCUT2D eigenvalue weighted by Gasteiger charge is 2.43. The molecule has 3 atom stereocenters. The van der Waals surface area contributed by atoms with Crippen molar-refractivity contribution in [3.8, 4) is 0 Å². The van der Waals surface area contributed by atoms with E-state index in [0.717, 1.165) is 44.2 Å². The Morgan fingerprint density at radius 2 is 1.85 bits per heavy atom. The molecule has 0 spiro atoms. The molecule has 0 bridgehead atoms. The SMILES string of the molecule is COC(=O)NCCC[C@@](O)(c1ccc(F)c(Cl)c1F)[C@@H]1CCCN(C(=O)N[C@@H](CC2CCCCC2)CN(C)C(=O)OCC[Si](C)(C)C)C1. The Morgan fingerprint density at radius 3 is 2.52 bits per heavy atom. The number of aliphatic hydroxyl groups is 1. The van der Waals surface area contributed by atoms with E-state index in [4.69, 9.17) is 16.3 Å². The zero-order valence-electron chi connectivity index (χ0n) is 29.2. The largest absolute Gasteiger partial charge is 0.453 e. The second kappa shape index (κ2) is 18.4. The monoisotopic (exact) mass is 716 g/mol. The van der Waals surface area contributed by atoms with E-state index >= 15 is 4.39 Å². The number of likely N-dealkylation sites (tertiary alicyclic amines) is 1. The Labute approximate surface area is 290 Å². The van der Waals surface area contributed by atoms with Gasteiger partial charge in [-0.3, -0.25) is 0 Å². The van der Waals surface area contributed by atoms with Crippen LogP contribution in [0.5, 0.6) is 0 Å². The number of piperidine rings is 1. The van der Waals surface area contributed by atoms with Gasteiger partial charge in [-0.2, -0.15) is 0 Å². The molecule has 3 N–H and O–H groups in total. The lowest BCUT2D eigenvalue weighted by Crippen LogP contribution is -2.54. The predicted molar refractivity (Wildman–Crippen MR) is 185 cm³/mol. The van der Waals surface area contributed by atoms with Gasteiger partial charge < -0.3 is 35.0 Å². The molecule has 2 aliphatic rings. The van der Waals surface area contributed by atoms with E-state index in [1.807, 2.05) is 0 Å². The number of nitrogens with zero attached hydrogens (tertiary/aromatic N) is 2. The molecular formula is C34H55ClF2N4O6Si. The van der Waals surface area contributed by atoms with Crippen molar-refractivity contribution in [3.05, 3.63) is 34.4 Å². The van der Waals surface area contributed by atoms with E-state index in [2.05, 4.69) is 35.0 Å². The second-order valence-electron chi connectivity index (χ2n) is 14.6. The number of halogens is 3. The first-order valence-electron chi connectivity index (χ1n) is 17.3. The lowest BCUT2D eigenvalue weighted by Gasteiger charge is -2.43. The summed E-state index contributed by atoms with van der Waals surface area (Å²) in [5, 5.41) is 17.2. The summed E-state index contributed by atoms with van der Waals surface area (Å²) >= 11 is 5.93. The van der Waals surface area contributed by atoms with E-state index in [0.29, 0.717) is 38.5 Å². The van der Waals surface area contributed by atoms with E-state index < -0.39 is 48.4 Å². The molecule has 48 heavy (non-hydrogen) atoms. The topological polar surface area (TPSA) is 120 Å². The Bertz CT molecular complexity index is 1230. The van der Waals surface area contributed by atoms with Crippen LogP contribution in [0, 0.1) is 23.5 Å². The van der Waals surface area contributed by atoms with Crippen molar-refractivity contribution >= 4 is 37.9 Å². The fourth-order valence-electron chi connectivity index (χ4n) is 6.82. The summed E-state index contributed by atoms with van der Waals surface area (Å²) in [6, 6.07) is 2.45. The van der Waals surface area contributed by atoms with Gasteiger partial charge in [0, 0.05) is 58.8 Å². The molecule has 1 aliphatic carbocycles. The average Bonchev–Trinajstić information content (AvgIpc) is 3.05. The van der Waals surface area contributed by atoms with E-state index in [1.54, 1.807) is 11.9 Å². The molecule has 3 rings (SSSR count). The van der Waals surface area contributed by atoms with Gasteiger partial charge in [0.25, 0.3) is 0 Å². The Morgan fingerprint density at radius 1 is 1.15 bits per heavy atom. The van der Waals surface area contributed by atoms with Crippen LogP contribution in [0.2, 0.25) is 30.7 Å². The smallest absolute Gasteiger partial charge is 0.409 e. The average molecular weight is 717 g/mol. The van der Waals surface area contributed by atoms with Crippen LogP contribution in [0.4, 0.5) is 23.2 Å². The minimum Gasteiger partial charge on any atom is -0.453 e. The van der Waals surface area contributed by atoms with Crippen molar-refractivity contribution in [2.75, 3.05) is 46.9 Å². The molecule has 0 unspecified atom stereocenters. The van der Waals surface area contributed by atoms with Crippen LogP contribution in [0.15, 0.2) is 12.1 Å². The van der Waals surface area contributed by atoms with Gasteiger partial charge in [-0.15, -0.1) is 0 Å². The van der Waals surface area contributed by atoms with Gasteiger partial charge in [-0.1, -0.05) is 69.4 Å². The first-order chi connectivity index (χ1) is 22.6. The van der Waals surface area contributed by atoms with Gasteiger partial charge in [0.2, 0.25) is 0 Å². The quantitative estimate of drug-likeness (QED) is 0.107. The highest BCUT2D eigenvalue weighted by Crippen LogP contribution is 2.42. The number of methoxy groups -OCH3 is 1. The number of carbonyl (C=O) groups excluding carboxylic acids is 3. The molecule has 0 aromatic heterocycles. The molecule has 1 aliphatic heterocycles. The maximum Gasteiger partial charge on any atom is 0.409 e. The van der Waals surface area contributed by atoms with Crippen LogP contribution in [-0.4, -0.2) is 94.2 Å². The third-order valence-corrected chi connectivity index (χ3v) is 11.7. The van der Waals surface area contributed by atoms with Gasteiger partial charge in [0.05, 0.1) is 19.3 Å².